The van der Waals surface area contributed by atoms with E-state index in [9.17, 15) is 17.8 Å². The van der Waals surface area contributed by atoms with Crippen LogP contribution in [-0.4, -0.2) is 26.0 Å². The van der Waals surface area contributed by atoms with Crippen LogP contribution in [0.15, 0.2) is 59.5 Å². The Balaban J connectivity index is 0.00000420. The van der Waals surface area contributed by atoms with Crippen molar-refractivity contribution in [2.75, 3.05) is 7.11 Å². The second-order valence-corrected chi connectivity index (χ2v) is 8.51. The van der Waals surface area contributed by atoms with Crippen molar-refractivity contribution in [3.8, 4) is 0 Å². The van der Waals surface area contributed by atoms with Gasteiger partial charge in [0.2, 0.25) is 0 Å². The number of esters is 1. The van der Waals surface area contributed by atoms with Gasteiger partial charge < -0.3 is 9.29 Å². The average molecular weight is 443 g/mol. The molecule has 2 aromatic rings. The number of methoxy groups -OCH3 is 1. The summed E-state index contributed by atoms with van der Waals surface area (Å²) in [5.41, 5.74) is 2.15. The number of rotatable bonds is 9. The Bertz CT molecular complexity index is 866. The Kier molecular flexibility index (Phi) is 11.3. The van der Waals surface area contributed by atoms with Crippen molar-refractivity contribution >= 4 is 16.1 Å². The van der Waals surface area contributed by atoms with Gasteiger partial charge in [0.05, 0.1) is 17.9 Å². The van der Waals surface area contributed by atoms with E-state index < -0.39 is 10.1 Å². The van der Waals surface area contributed by atoms with Gasteiger partial charge in [-0.1, -0.05) is 56.3 Å². The first-order chi connectivity index (χ1) is 13.3. The second-order valence-electron chi connectivity index (χ2n) is 7.13. The van der Waals surface area contributed by atoms with Crippen LogP contribution < -0.4 is 51.4 Å². The van der Waals surface area contributed by atoms with Crippen molar-refractivity contribution < 1.29 is 73.9 Å². The molecule has 2 rings (SSSR count). The molecule has 3 atom stereocenters. The van der Waals surface area contributed by atoms with Crippen LogP contribution >= 0.6 is 0 Å². The largest absolute Gasteiger partial charge is 1.00 e. The third-order valence-electron chi connectivity index (χ3n) is 5.21. The molecule has 0 heterocycles. The molecule has 7 heteroatoms. The van der Waals surface area contributed by atoms with Crippen molar-refractivity contribution in [3.63, 3.8) is 0 Å². The van der Waals surface area contributed by atoms with Crippen LogP contribution in [0.1, 0.15) is 56.1 Å². The molecular weight excluding hydrogens is 415 g/mol. The summed E-state index contributed by atoms with van der Waals surface area (Å²) in [6, 6.07) is 16.2. The van der Waals surface area contributed by atoms with E-state index in [1.165, 1.54) is 19.2 Å². The summed E-state index contributed by atoms with van der Waals surface area (Å²) in [6.07, 6.45) is 2.34. The van der Waals surface area contributed by atoms with Crippen LogP contribution in [0, 0.1) is 5.92 Å². The Morgan fingerprint density at radius 1 is 0.966 bits per heavy atom. The van der Waals surface area contributed by atoms with Crippen LogP contribution in [0.25, 0.3) is 0 Å². The fourth-order valence-corrected chi connectivity index (χ4v) is 4.08. The van der Waals surface area contributed by atoms with Gasteiger partial charge in [-0.2, -0.15) is 0 Å². The van der Waals surface area contributed by atoms with Crippen molar-refractivity contribution in [3.05, 3.63) is 65.7 Å². The van der Waals surface area contributed by atoms with Gasteiger partial charge in [0.15, 0.2) is 0 Å². The quantitative estimate of drug-likeness (QED) is 0.334. The minimum absolute atomic E-state index is 0. The van der Waals surface area contributed by atoms with Gasteiger partial charge in [-0.15, -0.1) is 0 Å². The molecule has 0 bridgehead atoms. The number of hydrogen-bond donors (Lipinski definition) is 0. The Labute approximate surface area is 216 Å². The molecule has 0 N–H and O–H groups in total. The van der Waals surface area contributed by atoms with E-state index >= 15 is 0 Å². The Morgan fingerprint density at radius 2 is 1.52 bits per heavy atom. The second kappa shape index (κ2) is 12.3. The minimum Gasteiger partial charge on any atom is -0.744 e. The molecule has 0 spiro atoms. The molecule has 0 saturated carbocycles. The van der Waals surface area contributed by atoms with E-state index in [1.807, 2.05) is 25.1 Å². The number of benzene rings is 2. The number of ether oxygens (including phenoxy) is 1. The zero-order valence-corrected chi connectivity index (χ0v) is 21.4. The van der Waals surface area contributed by atoms with Crippen LogP contribution in [0.3, 0.4) is 0 Å². The summed E-state index contributed by atoms with van der Waals surface area (Å²) in [6.45, 7) is 3.95. The van der Waals surface area contributed by atoms with Crippen molar-refractivity contribution in [2.24, 2.45) is 5.92 Å². The summed E-state index contributed by atoms with van der Waals surface area (Å²) in [5, 5.41) is 0. The van der Waals surface area contributed by atoms with Gasteiger partial charge in [-0.05, 0) is 54.4 Å². The Morgan fingerprint density at radius 3 is 2.00 bits per heavy atom. The first-order valence-electron chi connectivity index (χ1n) is 9.44. The van der Waals surface area contributed by atoms with Gasteiger partial charge in [0, 0.05) is 0 Å². The van der Waals surface area contributed by atoms with E-state index in [2.05, 4.69) is 19.1 Å². The zero-order chi connectivity index (χ0) is 20.7. The fourth-order valence-electron chi connectivity index (χ4n) is 3.61. The van der Waals surface area contributed by atoms with Crippen LogP contribution in [0.5, 0.6) is 0 Å². The van der Waals surface area contributed by atoms with E-state index in [-0.39, 0.29) is 80.0 Å². The summed E-state index contributed by atoms with van der Waals surface area (Å²) in [4.78, 5) is 11.7. The summed E-state index contributed by atoms with van der Waals surface area (Å²) >= 11 is 0. The van der Waals surface area contributed by atoms with Gasteiger partial charge in [-0.25, -0.2) is 8.42 Å². The molecule has 0 aliphatic heterocycles. The first kappa shape index (κ1) is 26.5. The van der Waals surface area contributed by atoms with E-state index in [4.69, 9.17) is 4.74 Å². The molecule has 5 nitrogen and oxygen atoms in total. The van der Waals surface area contributed by atoms with Crippen molar-refractivity contribution in [1.29, 1.82) is 0 Å². The average Bonchev–Trinajstić information content (AvgIpc) is 2.70. The minimum atomic E-state index is -4.45. The SMILES string of the molecule is CCC(CC(CC(C)C(=O)OC)c1ccccc1)c1ccc(S(=O)(=O)[O-])cc1.[K+]. The molecule has 0 aliphatic carbocycles. The maximum absolute atomic E-state index is 11.9. The summed E-state index contributed by atoms with van der Waals surface area (Å²) in [7, 11) is -3.05. The van der Waals surface area contributed by atoms with E-state index in [0.29, 0.717) is 6.42 Å². The monoisotopic (exact) mass is 442 g/mol. The fraction of sp³-hybridized carbons (Fsp3) is 0.409. The van der Waals surface area contributed by atoms with Crippen molar-refractivity contribution in [2.45, 2.75) is 49.8 Å². The topological polar surface area (TPSA) is 83.5 Å². The molecular formula is C22H27KO5S. The Hall–Kier alpha value is -0.544. The van der Waals surface area contributed by atoms with Gasteiger partial charge in [0.1, 0.15) is 10.1 Å². The van der Waals surface area contributed by atoms with Gasteiger partial charge in [-0.3, -0.25) is 4.79 Å². The van der Waals surface area contributed by atoms with E-state index in [1.54, 1.807) is 12.1 Å². The number of carbonyl (C=O) groups excluding carboxylic acids is 1. The first-order valence-corrected chi connectivity index (χ1v) is 10.9. The molecule has 3 unspecified atom stereocenters. The third-order valence-corrected chi connectivity index (χ3v) is 6.06. The van der Waals surface area contributed by atoms with Gasteiger partial charge in [0.25, 0.3) is 0 Å². The summed E-state index contributed by atoms with van der Waals surface area (Å²) in [5.74, 6) is -0.110. The molecule has 0 radical (unpaired) electrons. The van der Waals surface area contributed by atoms with E-state index in [0.717, 1.165) is 24.0 Å². The molecule has 29 heavy (non-hydrogen) atoms. The number of carbonyl (C=O) groups is 1. The maximum Gasteiger partial charge on any atom is 1.00 e. The third kappa shape index (κ3) is 7.90. The molecule has 0 aromatic heterocycles. The molecule has 0 amide bonds. The number of hydrogen-bond acceptors (Lipinski definition) is 5. The van der Waals surface area contributed by atoms with Crippen LogP contribution in [0.2, 0.25) is 0 Å². The molecule has 0 aliphatic rings. The summed E-state index contributed by atoms with van der Waals surface area (Å²) < 4.78 is 38.4. The maximum atomic E-state index is 11.9. The van der Waals surface area contributed by atoms with Crippen LogP contribution in [0.4, 0.5) is 0 Å². The zero-order valence-electron chi connectivity index (χ0n) is 17.5. The van der Waals surface area contributed by atoms with Crippen molar-refractivity contribution in [1.82, 2.24) is 0 Å². The molecule has 2 aromatic carbocycles. The smallest absolute Gasteiger partial charge is 0.744 e. The predicted octanol–water partition coefficient (Wildman–Crippen LogP) is 1.46. The molecule has 152 valence electrons. The van der Waals surface area contributed by atoms with Crippen LogP contribution in [-0.2, 0) is 19.6 Å². The predicted molar refractivity (Wildman–Crippen MR) is 107 cm³/mol. The normalized spacial score (nSPS) is 14.3. The molecule has 0 saturated heterocycles. The molecule has 0 fully saturated rings. The van der Waals surface area contributed by atoms with Gasteiger partial charge >= 0.3 is 57.4 Å². The standard InChI is InChI=1S/C22H28O5S.K/c1-4-17(19-10-12-21(13-11-19)28(24,25)26)15-20(14-16(2)22(23)27-3)18-8-6-5-7-9-18;/h5-13,16-17,20H,4,14-15H2,1-3H3,(H,24,25,26);/q;+1/p-1.